The highest BCUT2D eigenvalue weighted by Crippen LogP contribution is 2.31. The van der Waals surface area contributed by atoms with E-state index in [2.05, 4.69) is 20.5 Å². The number of amides is 1. The summed E-state index contributed by atoms with van der Waals surface area (Å²) in [6, 6.07) is 11.5. The minimum atomic E-state index is -3.14. The monoisotopic (exact) mass is 416 g/mol. The lowest BCUT2D eigenvalue weighted by Gasteiger charge is -2.07. The van der Waals surface area contributed by atoms with Crippen molar-refractivity contribution in [3.05, 3.63) is 53.6 Å². The zero-order valence-corrected chi connectivity index (χ0v) is 16.9. The molecule has 1 amide bonds. The topological polar surface area (TPSA) is 123 Å². The number of nitrogens with zero attached hydrogens (tertiary/aromatic N) is 2. The summed E-state index contributed by atoms with van der Waals surface area (Å²) in [5.41, 5.74) is 1.62. The summed E-state index contributed by atoms with van der Waals surface area (Å²) in [7, 11) is -0.0432. The molecule has 1 aromatic heterocycles. The van der Waals surface area contributed by atoms with Crippen LogP contribution in [0.25, 0.3) is 11.4 Å². The van der Waals surface area contributed by atoms with Crippen LogP contribution in [-0.2, 0) is 15.6 Å². The number of sulfone groups is 1. The second-order valence-electron chi connectivity index (χ2n) is 6.29. The summed E-state index contributed by atoms with van der Waals surface area (Å²) in [5.74, 6) is 1.20. The van der Waals surface area contributed by atoms with E-state index in [-0.39, 0.29) is 11.7 Å². The van der Waals surface area contributed by atoms with Gasteiger partial charge in [0, 0.05) is 17.9 Å². The number of anilines is 1. The Morgan fingerprint density at radius 1 is 1.10 bits per heavy atom. The normalized spacial score (nSPS) is 11.1. The van der Waals surface area contributed by atoms with Crippen molar-refractivity contribution in [1.29, 1.82) is 0 Å². The van der Waals surface area contributed by atoms with Crippen LogP contribution in [0.4, 0.5) is 5.95 Å². The predicted octanol–water partition coefficient (Wildman–Crippen LogP) is 2.29. The molecule has 0 aliphatic heterocycles. The summed E-state index contributed by atoms with van der Waals surface area (Å²) >= 11 is 0. The Morgan fingerprint density at radius 3 is 2.45 bits per heavy atom. The van der Waals surface area contributed by atoms with Gasteiger partial charge in [-0.3, -0.25) is 15.2 Å². The van der Waals surface area contributed by atoms with Crippen LogP contribution < -0.4 is 14.8 Å². The van der Waals surface area contributed by atoms with E-state index >= 15 is 0 Å². The van der Waals surface area contributed by atoms with Gasteiger partial charge in [0.15, 0.2) is 15.7 Å². The van der Waals surface area contributed by atoms with Gasteiger partial charge in [-0.2, -0.15) is 4.98 Å². The molecular formula is C19H20N4O5S. The number of rotatable bonds is 7. The molecule has 10 heteroatoms. The van der Waals surface area contributed by atoms with Gasteiger partial charge >= 0.3 is 0 Å². The number of nitrogens with one attached hydrogen (secondary N) is 2. The van der Waals surface area contributed by atoms with Crippen LogP contribution in [0.2, 0.25) is 0 Å². The van der Waals surface area contributed by atoms with Crippen molar-refractivity contribution in [3.8, 4) is 22.9 Å². The number of carbonyl (C=O) groups is 1. The minimum absolute atomic E-state index is 0.0805. The Balaban J connectivity index is 1.74. The van der Waals surface area contributed by atoms with E-state index in [0.717, 1.165) is 6.26 Å². The van der Waals surface area contributed by atoms with Gasteiger partial charge in [0.25, 0.3) is 5.91 Å². The molecule has 0 radical (unpaired) electrons. The van der Waals surface area contributed by atoms with Crippen LogP contribution in [0.15, 0.2) is 42.5 Å². The first-order chi connectivity index (χ1) is 13.8. The van der Waals surface area contributed by atoms with Gasteiger partial charge in [-0.15, -0.1) is 5.10 Å². The third-order valence-corrected chi connectivity index (χ3v) is 4.88. The largest absolute Gasteiger partial charge is 0.497 e. The molecule has 0 aliphatic rings. The molecule has 29 heavy (non-hydrogen) atoms. The van der Waals surface area contributed by atoms with Crippen molar-refractivity contribution in [3.63, 3.8) is 0 Å². The van der Waals surface area contributed by atoms with Crippen molar-refractivity contribution in [2.75, 3.05) is 25.8 Å². The molecule has 2 aromatic carbocycles. The molecule has 152 valence electrons. The van der Waals surface area contributed by atoms with Gasteiger partial charge in [0.2, 0.25) is 5.95 Å². The molecule has 0 fully saturated rings. The van der Waals surface area contributed by atoms with E-state index < -0.39 is 15.7 Å². The Kier molecular flexibility index (Phi) is 5.83. The maximum atomic E-state index is 12.4. The summed E-state index contributed by atoms with van der Waals surface area (Å²) in [5, 5.41) is 9.37. The third-order valence-electron chi connectivity index (χ3n) is 4.02. The number of aromatic nitrogens is 3. The minimum Gasteiger partial charge on any atom is -0.497 e. The Morgan fingerprint density at radius 2 is 1.83 bits per heavy atom. The highest BCUT2D eigenvalue weighted by Gasteiger charge is 2.15. The zero-order valence-electron chi connectivity index (χ0n) is 16.1. The van der Waals surface area contributed by atoms with Crippen LogP contribution in [0.5, 0.6) is 11.5 Å². The number of carbonyl (C=O) groups excluding carboxylic acids is 1. The van der Waals surface area contributed by atoms with E-state index in [4.69, 9.17) is 9.47 Å². The Hall–Kier alpha value is -3.40. The van der Waals surface area contributed by atoms with Crippen molar-refractivity contribution in [2.45, 2.75) is 5.75 Å². The van der Waals surface area contributed by atoms with Gasteiger partial charge in [-0.05, 0) is 29.8 Å². The first kappa shape index (κ1) is 20.3. The Bertz CT molecular complexity index is 1120. The summed E-state index contributed by atoms with van der Waals surface area (Å²) in [6.45, 7) is 0. The number of methoxy groups -OCH3 is 2. The standard InChI is InChI=1S/C19H20N4O5S/c1-27-14-8-9-15(16(10-14)28-2)17-20-19(23-22-17)21-18(24)13-6-4-12(5-7-13)11-29(3,25)26/h4-10H,11H2,1-3H3,(H2,20,21,22,23,24). The molecule has 0 bridgehead atoms. The molecule has 0 spiro atoms. The lowest BCUT2D eigenvalue weighted by atomic mass is 10.1. The van der Waals surface area contributed by atoms with E-state index in [1.165, 1.54) is 7.11 Å². The maximum absolute atomic E-state index is 12.4. The third kappa shape index (κ3) is 5.11. The smallest absolute Gasteiger partial charge is 0.258 e. The van der Waals surface area contributed by atoms with Crippen LogP contribution >= 0.6 is 0 Å². The average molecular weight is 416 g/mol. The van der Waals surface area contributed by atoms with Crippen LogP contribution in [0, 0.1) is 0 Å². The summed E-state index contributed by atoms with van der Waals surface area (Å²) in [4.78, 5) is 16.7. The zero-order chi connectivity index (χ0) is 21.0. The molecule has 0 aliphatic carbocycles. The number of benzene rings is 2. The number of aromatic amines is 1. The van der Waals surface area contributed by atoms with Crippen LogP contribution in [0.3, 0.4) is 0 Å². The average Bonchev–Trinajstić information content (AvgIpc) is 3.14. The molecule has 1 heterocycles. The molecule has 0 atom stereocenters. The van der Waals surface area contributed by atoms with E-state index in [1.54, 1.807) is 49.6 Å². The SMILES string of the molecule is COc1ccc(-c2nc(NC(=O)c3ccc(CS(C)(=O)=O)cc3)n[nH]2)c(OC)c1. The van der Waals surface area contributed by atoms with Gasteiger partial charge in [-0.25, -0.2) is 8.42 Å². The first-order valence-corrected chi connectivity index (χ1v) is 10.6. The molecular weight excluding hydrogens is 396 g/mol. The number of H-pyrrole nitrogens is 1. The fourth-order valence-corrected chi connectivity index (χ4v) is 3.46. The second kappa shape index (κ2) is 8.31. The molecule has 0 saturated heterocycles. The molecule has 0 unspecified atom stereocenters. The van der Waals surface area contributed by atoms with Gasteiger partial charge in [0.05, 0.1) is 25.5 Å². The van der Waals surface area contributed by atoms with E-state index in [0.29, 0.717) is 34.0 Å². The molecule has 0 saturated carbocycles. The summed E-state index contributed by atoms with van der Waals surface area (Å²) in [6.07, 6.45) is 1.16. The maximum Gasteiger partial charge on any atom is 0.258 e. The van der Waals surface area contributed by atoms with Crippen LogP contribution in [0.1, 0.15) is 15.9 Å². The van der Waals surface area contributed by atoms with Crippen molar-refractivity contribution >= 4 is 21.7 Å². The quantitative estimate of drug-likeness (QED) is 0.606. The van der Waals surface area contributed by atoms with Gasteiger partial charge in [0.1, 0.15) is 11.5 Å². The number of ether oxygens (including phenoxy) is 2. The van der Waals surface area contributed by atoms with Crippen molar-refractivity contribution < 1.29 is 22.7 Å². The molecule has 9 nitrogen and oxygen atoms in total. The fraction of sp³-hybridized carbons (Fsp3) is 0.211. The van der Waals surface area contributed by atoms with Gasteiger partial charge in [-0.1, -0.05) is 12.1 Å². The highest BCUT2D eigenvalue weighted by atomic mass is 32.2. The van der Waals surface area contributed by atoms with Gasteiger partial charge < -0.3 is 9.47 Å². The lowest BCUT2D eigenvalue weighted by Crippen LogP contribution is -2.13. The molecule has 2 N–H and O–H groups in total. The van der Waals surface area contributed by atoms with Crippen molar-refractivity contribution in [1.82, 2.24) is 15.2 Å². The number of hydrogen-bond donors (Lipinski definition) is 2. The van der Waals surface area contributed by atoms with E-state index in [9.17, 15) is 13.2 Å². The molecule has 3 aromatic rings. The highest BCUT2D eigenvalue weighted by molar-refractivity contribution is 7.89. The van der Waals surface area contributed by atoms with Crippen LogP contribution in [-0.4, -0.2) is 50.0 Å². The second-order valence-corrected chi connectivity index (χ2v) is 8.44. The Labute approximate surface area is 168 Å². The summed E-state index contributed by atoms with van der Waals surface area (Å²) < 4.78 is 33.2. The van der Waals surface area contributed by atoms with Crippen molar-refractivity contribution in [2.24, 2.45) is 0 Å². The lowest BCUT2D eigenvalue weighted by molar-refractivity contribution is 0.102. The fourth-order valence-electron chi connectivity index (χ4n) is 2.66. The first-order valence-electron chi connectivity index (χ1n) is 8.52. The predicted molar refractivity (Wildman–Crippen MR) is 108 cm³/mol. The number of hydrogen-bond acceptors (Lipinski definition) is 7. The molecule has 3 rings (SSSR count). The van der Waals surface area contributed by atoms with E-state index in [1.807, 2.05) is 0 Å².